The first kappa shape index (κ1) is 17.9. The largest absolute Gasteiger partial charge is 0.508 e. The van der Waals surface area contributed by atoms with E-state index in [-0.39, 0.29) is 17.2 Å². The zero-order valence-electron chi connectivity index (χ0n) is 15.4. The van der Waals surface area contributed by atoms with Crippen LogP contribution >= 0.6 is 0 Å². The second-order valence-electron chi connectivity index (χ2n) is 7.05. The molecule has 0 radical (unpaired) electrons. The maximum absolute atomic E-state index is 10.8. The Morgan fingerprint density at radius 3 is 1.35 bits per heavy atom. The minimum absolute atomic E-state index is 0.220. The summed E-state index contributed by atoms with van der Waals surface area (Å²) in [5, 5.41) is 31.0. The van der Waals surface area contributed by atoms with Crippen molar-refractivity contribution >= 4 is 0 Å². The highest BCUT2D eigenvalue weighted by molar-refractivity contribution is 5.51. The van der Waals surface area contributed by atoms with Crippen molar-refractivity contribution in [2.24, 2.45) is 0 Å². The zero-order chi connectivity index (χ0) is 18.8. The van der Waals surface area contributed by atoms with Gasteiger partial charge in [0.2, 0.25) is 0 Å². The number of phenolic OH excluding ortho intramolecular Hbond substituents is 3. The van der Waals surface area contributed by atoms with Gasteiger partial charge in [-0.25, -0.2) is 0 Å². The van der Waals surface area contributed by atoms with Crippen LogP contribution in [0.1, 0.15) is 38.9 Å². The number of hydrogen-bond donors (Lipinski definition) is 3. The molecule has 0 saturated carbocycles. The lowest BCUT2D eigenvalue weighted by Gasteiger charge is -2.14. The molecule has 0 aliphatic carbocycles. The van der Waals surface area contributed by atoms with Crippen LogP contribution in [0.15, 0.2) is 48.5 Å². The monoisotopic (exact) mass is 348 g/mol. The Morgan fingerprint density at radius 1 is 0.538 bits per heavy atom. The Bertz CT molecular complexity index is 883. The highest BCUT2D eigenvalue weighted by Crippen LogP contribution is 2.32. The lowest BCUT2D eigenvalue weighted by molar-refractivity contribution is 0.456. The van der Waals surface area contributed by atoms with Gasteiger partial charge in [0.05, 0.1) is 0 Å². The van der Waals surface area contributed by atoms with Gasteiger partial charge < -0.3 is 15.3 Å². The maximum atomic E-state index is 10.8. The second kappa shape index (κ2) is 7.12. The molecule has 0 spiro atoms. The maximum Gasteiger partial charge on any atom is 0.122 e. The molecule has 0 atom stereocenters. The molecule has 0 unspecified atom stereocenters. The molecule has 0 aliphatic heterocycles. The average Bonchev–Trinajstić information content (AvgIpc) is 2.58. The molecule has 0 amide bonds. The van der Waals surface area contributed by atoms with Crippen LogP contribution in [0.5, 0.6) is 17.2 Å². The van der Waals surface area contributed by atoms with Crippen LogP contribution in [0.3, 0.4) is 0 Å². The Labute approximate surface area is 154 Å². The SMILES string of the molecule is Cc1ccc(O)c(Cc2cc(C)cc(Cc3cc(C)ccc3O)c2O)c1. The van der Waals surface area contributed by atoms with Crippen LogP contribution in [0.4, 0.5) is 0 Å². The molecule has 3 rings (SSSR count). The van der Waals surface area contributed by atoms with E-state index in [1.165, 1.54) is 0 Å². The van der Waals surface area contributed by atoms with E-state index in [1.54, 1.807) is 12.1 Å². The summed E-state index contributed by atoms with van der Waals surface area (Å²) in [7, 11) is 0. The van der Waals surface area contributed by atoms with Crippen molar-refractivity contribution in [2.45, 2.75) is 33.6 Å². The van der Waals surface area contributed by atoms with E-state index < -0.39 is 0 Å². The summed E-state index contributed by atoms with van der Waals surface area (Å²) in [4.78, 5) is 0. The molecule has 0 aromatic heterocycles. The van der Waals surface area contributed by atoms with Crippen molar-refractivity contribution in [3.05, 3.63) is 87.5 Å². The van der Waals surface area contributed by atoms with Gasteiger partial charge in [0, 0.05) is 12.8 Å². The summed E-state index contributed by atoms with van der Waals surface area (Å²) < 4.78 is 0. The van der Waals surface area contributed by atoms with Crippen molar-refractivity contribution in [1.29, 1.82) is 0 Å². The summed E-state index contributed by atoms with van der Waals surface area (Å²) in [5.74, 6) is 0.682. The second-order valence-corrected chi connectivity index (χ2v) is 7.05. The molecule has 3 aromatic carbocycles. The lowest BCUT2D eigenvalue weighted by Crippen LogP contribution is -1.97. The van der Waals surface area contributed by atoms with Gasteiger partial charge in [0.15, 0.2) is 0 Å². The zero-order valence-corrected chi connectivity index (χ0v) is 15.4. The van der Waals surface area contributed by atoms with Gasteiger partial charge in [-0.2, -0.15) is 0 Å². The number of aromatic hydroxyl groups is 3. The Morgan fingerprint density at radius 2 is 0.923 bits per heavy atom. The molecule has 26 heavy (non-hydrogen) atoms. The van der Waals surface area contributed by atoms with Gasteiger partial charge in [-0.05, 0) is 55.2 Å². The van der Waals surface area contributed by atoms with E-state index >= 15 is 0 Å². The Kier molecular flexibility index (Phi) is 4.90. The molecule has 3 nitrogen and oxygen atoms in total. The quantitative estimate of drug-likeness (QED) is 0.628. The van der Waals surface area contributed by atoms with Gasteiger partial charge in [0.25, 0.3) is 0 Å². The van der Waals surface area contributed by atoms with Crippen LogP contribution in [0, 0.1) is 20.8 Å². The van der Waals surface area contributed by atoms with Crippen LogP contribution in [-0.4, -0.2) is 15.3 Å². The third kappa shape index (κ3) is 3.83. The van der Waals surface area contributed by atoms with Gasteiger partial charge in [0.1, 0.15) is 17.2 Å². The molecule has 134 valence electrons. The van der Waals surface area contributed by atoms with Crippen molar-refractivity contribution in [2.75, 3.05) is 0 Å². The van der Waals surface area contributed by atoms with Gasteiger partial charge in [-0.3, -0.25) is 0 Å². The van der Waals surface area contributed by atoms with Crippen LogP contribution in [0.25, 0.3) is 0 Å². The molecule has 0 bridgehead atoms. The molecular formula is C23H24O3. The van der Waals surface area contributed by atoms with Crippen LogP contribution < -0.4 is 0 Å². The van der Waals surface area contributed by atoms with E-state index in [0.717, 1.165) is 38.9 Å². The molecule has 0 aliphatic rings. The summed E-state index contributed by atoms with van der Waals surface area (Å²) in [6, 6.07) is 14.8. The molecular weight excluding hydrogens is 324 g/mol. The third-order valence-electron chi connectivity index (χ3n) is 4.64. The molecule has 3 heteroatoms. The first-order valence-corrected chi connectivity index (χ1v) is 8.72. The summed E-state index contributed by atoms with van der Waals surface area (Å²) in [5.41, 5.74) is 6.28. The van der Waals surface area contributed by atoms with E-state index in [9.17, 15) is 15.3 Å². The van der Waals surface area contributed by atoms with E-state index in [2.05, 4.69) is 0 Å². The van der Waals surface area contributed by atoms with Gasteiger partial charge in [-0.1, -0.05) is 53.1 Å². The Balaban J connectivity index is 1.98. The fraction of sp³-hybridized carbons (Fsp3) is 0.217. The summed E-state index contributed by atoms with van der Waals surface area (Å²) in [6.07, 6.45) is 0.904. The van der Waals surface area contributed by atoms with Crippen molar-refractivity contribution < 1.29 is 15.3 Å². The molecule has 0 heterocycles. The van der Waals surface area contributed by atoms with Crippen LogP contribution in [0.2, 0.25) is 0 Å². The fourth-order valence-electron chi connectivity index (χ4n) is 3.33. The van der Waals surface area contributed by atoms with Gasteiger partial charge in [-0.15, -0.1) is 0 Å². The summed E-state index contributed by atoms with van der Waals surface area (Å²) >= 11 is 0. The number of phenols is 3. The normalized spacial score (nSPS) is 10.9. The van der Waals surface area contributed by atoms with Crippen molar-refractivity contribution in [3.8, 4) is 17.2 Å². The minimum atomic E-state index is 0.220. The number of benzene rings is 3. The topological polar surface area (TPSA) is 60.7 Å². The molecule has 3 N–H and O–H groups in total. The van der Waals surface area contributed by atoms with Crippen molar-refractivity contribution in [1.82, 2.24) is 0 Å². The minimum Gasteiger partial charge on any atom is -0.508 e. The summed E-state index contributed by atoms with van der Waals surface area (Å²) in [6.45, 7) is 5.94. The predicted octanol–water partition coefficient (Wildman–Crippen LogP) is 4.91. The predicted molar refractivity (Wildman–Crippen MR) is 104 cm³/mol. The first-order valence-electron chi connectivity index (χ1n) is 8.72. The van der Waals surface area contributed by atoms with E-state index in [0.29, 0.717) is 12.8 Å². The Hall–Kier alpha value is -2.94. The molecule has 0 fully saturated rings. The molecule has 3 aromatic rings. The highest BCUT2D eigenvalue weighted by Gasteiger charge is 2.13. The average molecular weight is 348 g/mol. The lowest BCUT2D eigenvalue weighted by atomic mass is 9.94. The smallest absolute Gasteiger partial charge is 0.122 e. The third-order valence-corrected chi connectivity index (χ3v) is 4.64. The molecule has 0 saturated heterocycles. The first-order chi connectivity index (χ1) is 12.3. The van der Waals surface area contributed by atoms with E-state index in [4.69, 9.17) is 0 Å². The van der Waals surface area contributed by atoms with Crippen LogP contribution in [-0.2, 0) is 12.8 Å². The standard InChI is InChI=1S/C23H24O3/c1-14-4-6-21(24)17(8-14)12-19-10-16(3)11-20(23(19)26)13-18-9-15(2)5-7-22(18)25/h4-11,24-26H,12-13H2,1-3H3. The number of aryl methyl sites for hydroxylation is 3. The number of rotatable bonds is 4. The number of hydrogen-bond acceptors (Lipinski definition) is 3. The van der Waals surface area contributed by atoms with Gasteiger partial charge >= 0.3 is 0 Å². The highest BCUT2D eigenvalue weighted by atomic mass is 16.3. The van der Waals surface area contributed by atoms with Crippen molar-refractivity contribution in [3.63, 3.8) is 0 Å². The fourth-order valence-corrected chi connectivity index (χ4v) is 3.33. The van der Waals surface area contributed by atoms with E-state index in [1.807, 2.05) is 57.2 Å².